The van der Waals surface area contributed by atoms with Gasteiger partial charge in [0.05, 0.1) is 0 Å². The Bertz CT molecular complexity index is 297. The molecule has 1 rings (SSSR count). The summed E-state index contributed by atoms with van der Waals surface area (Å²) in [6.45, 7) is 6.61. The van der Waals surface area contributed by atoms with Gasteiger partial charge in [0, 0.05) is 0 Å². The summed E-state index contributed by atoms with van der Waals surface area (Å²) >= 11 is 0. The van der Waals surface area contributed by atoms with Gasteiger partial charge in [-0.3, -0.25) is 0 Å². The molecule has 0 saturated heterocycles. The topological polar surface area (TPSA) is 0 Å². The van der Waals surface area contributed by atoms with Crippen LogP contribution in [-0.4, -0.2) is 0 Å². The molecule has 0 amide bonds. The van der Waals surface area contributed by atoms with Crippen molar-refractivity contribution >= 4 is 0 Å². The smallest absolute Gasteiger partial charge is 0.0153 e. The van der Waals surface area contributed by atoms with Crippen LogP contribution in [-0.2, 0) is 6.42 Å². The molecule has 0 radical (unpaired) electrons. The summed E-state index contributed by atoms with van der Waals surface area (Å²) in [4.78, 5) is 0. The van der Waals surface area contributed by atoms with E-state index in [0.29, 0.717) is 5.92 Å². The van der Waals surface area contributed by atoms with Gasteiger partial charge in [0.15, 0.2) is 0 Å². The van der Waals surface area contributed by atoms with Crippen molar-refractivity contribution in [3.05, 3.63) is 47.5 Å². The third-order valence-electron chi connectivity index (χ3n) is 2.69. The lowest BCUT2D eigenvalue weighted by Gasteiger charge is -2.13. The summed E-state index contributed by atoms with van der Waals surface area (Å²) < 4.78 is 0. The number of benzene rings is 1. The molecule has 0 aliphatic carbocycles. The maximum atomic E-state index is 2.30. The summed E-state index contributed by atoms with van der Waals surface area (Å²) in [5.74, 6) is 0.641. The van der Waals surface area contributed by atoms with Gasteiger partial charge in [-0.1, -0.05) is 50.3 Å². The molecule has 0 aromatic heterocycles. The second-order valence-electron chi connectivity index (χ2n) is 3.76. The van der Waals surface area contributed by atoms with Crippen molar-refractivity contribution < 1.29 is 0 Å². The Morgan fingerprint density at radius 3 is 2.64 bits per heavy atom. The van der Waals surface area contributed by atoms with Gasteiger partial charge in [0.25, 0.3) is 0 Å². The van der Waals surface area contributed by atoms with Crippen molar-refractivity contribution in [3.8, 4) is 0 Å². The molecule has 0 N–H and O–H groups in total. The van der Waals surface area contributed by atoms with Crippen LogP contribution in [0, 0.1) is 0 Å². The summed E-state index contributed by atoms with van der Waals surface area (Å²) in [7, 11) is 0. The van der Waals surface area contributed by atoms with Gasteiger partial charge in [-0.25, -0.2) is 0 Å². The number of hydrogen-bond acceptors (Lipinski definition) is 0. The largest absolute Gasteiger partial charge is 0.0916 e. The van der Waals surface area contributed by atoms with Crippen molar-refractivity contribution in [2.75, 3.05) is 0 Å². The second kappa shape index (κ2) is 5.64. The first-order valence-corrected chi connectivity index (χ1v) is 5.48. The summed E-state index contributed by atoms with van der Waals surface area (Å²) in [5.41, 5.74) is 3.00. The van der Waals surface area contributed by atoms with Crippen LogP contribution in [0.25, 0.3) is 0 Å². The predicted octanol–water partition coefficient (Wildman–Crippen LogP) is 4.32. The van der Waals surface area contributed by atoms with E-state index < -0.39 is 0 Å². The Morgan fingerprint density at radius 2 is 2.00 bits per heavy atom. The summed E-state index contributed by atoms with van der Waals surface area (Å²) in [6.07, 6.45) is 6.66. The van der Waals surface area contributed by atoms with Crippen molar-refractivity contribution in [2.45, 2.75) is 39.5 Å². The fraction of sp³-hybridized carbons (Fsp3) is 0.429. The molecule has 0 heterocycles. The van der Waals surface area contributed by atoms with Gasteiger partial charge < -0.3 is 0 Å². The minimum atomic E-state index is 0.641. The lowest BCUT2D eigenvalue weighted by Crippen LogP contribution is -1.97. The lowest BCUT2D eigenvalue weighted by molar-refractivity contribution is 0.766. The molecule has 76 valence electrons. The lowest BCUT2D eigenvalue weighted by atomic mass is 9.92. The zero-order valence-corrected chi connectivity index (χ0v) is 9.46. The summed E-state index contributed by atoms with van der Waals surface area (Å²) in [5, 5.41) is 0. The second-order valence-corrected chi connectivity index (χ2v) is 3.76. The van der Waals surface area contributed by atoms with Gasteiger partial charge in [-0.15, -0.1) is 0 Å². The van der Waals surface area contributed by atoms with Crippen LogP contribution in [0.2, 0.25) is 0 Å². The zero-order valence-electron chi connectivity index (χ0n) is 9.46. The fourth-order valence-electron chi connectivity index (χ4n) is 1.80. The van der Waals surface area contributed by atoms with Crippen molar-refractivity contribution in [1.29, 1.82) is 0 Å². The molecule has 1 aromatic rings. The molecular formula is C14H20. The normalized spacial score (nSPS) is 13.4. The molecule has 0 heteroatoms. The molecule has 1 aromatic carbocycles. The molecular weight excluding hydrogens is 168 g/mol. The quantitative estimate of drug-likeness (QED) is 0.617. The van der Waals surface area contributed by atoms with Crippen LogP contribution in [0.5, 0.6) is 0 Å². The van der Waals surface area contributed by atoms with Gasteiger partial charge >= 0.3 is 0 Å². The van der Waals surface area contributed by atoms with Crippen LogP contribution >= 0.6 is 0 Å². The Labute approximate surface area is 87.7 Å². The highest BCUT2D eigenvalue weighted by atomic mass is 14.1. The van der Waals surface area contributed by atoms with Crippen LogP contribution in [0.4, 0.5) is 0 Å². The Morgan fingerprint density at radius 1 is 1.29 bits per heavy atom. The van der Waals surface area contributed by atoms with Crippen molar-refractivity contribution in [2.24, 2.45) is 0 Å². The standard InChI is InChI=1S/C14H20/c1-4-6-9-12(3)14-11-8-7-10-13(14)5-2/h4,6-8,10-12H,5,9H2,1-3H3. The van der Waals surface area contributed by atoms with E-state index in [2.05, 4.69) is 57.2 Å². The van der Waals surface area contributed by atoms with E-state index in [1.54, 1.807) is 0 Å². The van der Waals surface area contributed by atoms with E-state index in [0.717, 1.165) is 12.8 Å². The van der Waals surface area contributed by atoms with Crippen LogP contribution in [0.3, 0.4) is 0 Å². The van der Waals surface area contributed by atoms with Crippen LogP contribution in [0.15, 0.2) is 36.4 Å². The Balaban J connectivity index is 2.82. The van der Waals surface area contributed by atoms with Gasteiger partial charge in [0.1, 0.15) is 0 Å². The minimum Gasteiger partial charge on any atom is -0.0916 e. The van der Waals surface area contributed by atoms with Crippen LogP contribution in [0.1, 0.15) is 44.2 Å². The van der Waals surface area contributed by atoms with Crippen LogP contribution < -0.4 is 0 Å². The average Bonchev–Trinajstić information content (AvgIpc) is 2.25. The predicted molar refractivity (Wildman–Crippen MR) is 63.7 cm³/mol. The van der Waals surface area contributed by atoms with Crippen molar-refractivity contribution in [3.63, 3.8) is 0 Å². The molecule has 0 saturated carbocycles. The van der Waals surface area contributed by atoms with E-state index in [-0.39, 0.29) is 0 Å². The van der Waals surface area contributed by atoms with E-state index >= 15 is 0 Å². The SMILES string of the molecule is CC=CCC(C)c1ccccc1CC. The highest BCUT2D eigenvalue weighted by Gasteiger charge is 2.06. The summed E-state index contributed by atoms with van der Waals surface area (Å²) in [6, 6.07) is 8.76. The minimum absolute atomic E-state index is 0.641. The third kappa shape index (κ3) is 2.73. The van der Waals surface area contributed by atoms with Crippen molar-refractivity contribution in [1.82, 2.24) is 0 Å². The highest BCUT2D eigenvalue weighted by Crippen LogP contribution is 2.23. The molecule has 0 aliphatic rings. The molecule has 0 spiro atoms. The molecule has 0 fully saturated rings. The fourth-order valence-corrected chi connectivity index (χ4v) is 1.80. The first-order valence-electron chi connectivity index (χ1n) is 5.48. The number of allylic oxidation sites excluding steroid dienone is 2. The van der Waals surface area contributed by atoms with E-state index in [9.17, 15) is 0 Å². The molecule has 1 unspecified atom stereocenters. The van der Waals surface area contributed by atoms with E-state index in [1.807, 2.05) is 0 Å². The first kappa shape index (κ1) is 11.0. The number of rotatable bonds is 4. The zero-order chi connectivity index (χ0) is 10.4. The first-order chi connectivity index (χ1) is 6.79. The molecule has 0 aliphatic heterocycles. The molecule has 0 nitrogen and oxygen atoms in total. The van der Waals surface area contributed by atoms with Gasteiger partial charge in [0.2, 0.25) is 0 Å². The number of hydrogen-bond donors (Lipinski definition) is 0. The maximum absolute atomic E-state index is 2.30. The maximum Gasteiger partial charge on any atom is -0.0153 e. The molecule has 14 heavy (non-hydrogen) atoms. The number of aryl methyl sites for hydroxylation is 1. The average molecular weight is 188 g/mol. The Hall–Kier alpha value is -1.04. The molecule has 0 bridgehead atoms. The van der Waals surface area contributed by atoms with Gasteiger partial charge in [-0.2, -0.15) is 0 Å². The molecule has 1 atom stereocenters. The monoisotopic (exact) mass is 188 g/mol. The highest BCUT2D eigenvalue weighted by molar-refractivity contribution is 5.30. The third-order valence-corrected chi connectivity index (χ3v) is 2.69. The van der Waals surface area contributed by atoms with Gasteiger partial charge in [-0.05, 0) is 36.8 Å². The van der Waals surface area contributed by atoms with E-state index in [1.165, 1.54) is 11.1 Å². The van der Waals surface area contributed by atoms with E-state index in [4.69, 9.17) is 0 Å². The Kier molecular flexibility index (Phi) is 4.45.